The number of aliphatic hydroxyl groups is 2. The van der Waals surface area contributed by atoms with E-state index in [1.54, 1.807) is 6.92 Å². The van der Waals surface area contributed by atoms with Gasteiger partial charge in [0.05, 0.1) is 0 Å². The van der Waals surface area contributed by atoms with Gasteiger partial charge in [0.15, 0.2) is 0 Å². The van der Waals surface area contributed by atoms with Gasteiger partial charge in [-0.25, -0.2) is 4.79 Å². The minimum Gasteiger partial charge on any atom is -0.478 e. The van der Waals surface area contributed by atoms with Crippen molar-refractivity contribution in [2.24, 2.45) is 21.7 Å². The first-order chi connectivity index (χ1) is 10.1. The van der Waals surface area contributed by atoms with Crippen molar-refractivity contribution < 1.29 is 20.1 Å². The van der Waals surface area contributed by atoms with Crippen LogP contribution in [0.1, 0.15) is 59.3 Å². The van der Waals surface area contributed by atoms with Crippen molar-refractivity contribution in [1.29, 1.82) is 0 Å². The largest absolute Gasteiger partial charge is 0.478 e. The fraction of sp³-hybridized carbons (Fsp3) is 0.833. The highest BCUT2D eigenvalue weighted by atomic mass is 16.4. The maximum absolute atomic E-state index is 11.5. The molecule has 4 rings (SSSR count). The number of carboxylic acids is 1. The van der Waals surface area contributed by atoms with Crippen LogP contribution in [0.15, 0.2) is 11.1 Å². The Bertz CT molecular complexity index is 527. The van der Waals surface area contributed by atoms with Crippen LogP contribution in [0.3, 0.4) is 0 Å². The van der Waals surface area contributed by atoms with Gasteiger partial charge >= 0.3 is 5.97 Å². The number of aliphatic carboxylic acids is 1. The number of carboxylic acid groups (broad SMARTS) is 1. The fourth-order valence-corrected chi connectivity index (χ4v) is 6.90. The van der Waals surface area contributed by atoms with Crippen molar-refractivity contribution in [3.63, 3.8) is 0 Å². The second-order valence-electron chi connectivity index (χ2n) is 9.02. The Morgan fingerprint density at radius 3 is 1.82 bits per heavy atom. The molecule has 124 valence electrons. The minimum atomic E-state index is -0.852. The second kappa shape index (κ2) is 4.57. The van der Waals surface area contributed by atoms with E-state index in [-0.39, 0.29) is 34.9 Å². The highest BCUT2D eigenvalue weighted by Crippen LogP contribution is 2.75. The van der Waals surface area contributed by atoms with Crippen molar-refractivity contribution in [3.8, 4) is 0 Å². The molecule has 2 atom stereocenters. The van der Waals surface area contributed by atoms with Crippen LogP contribution in [0.25, 0.3) is 0 Å². The number of rotatable bonds is 4. The van der Waals surface area contributed by atoms with Crippen LogP contribution in [0, 0.1) is 21.7 Å². The van der Waals surface area contributed by atoms with E-state index in [0.717, 1.165) is 44.1 Å². The maximum atomic E-state index is 11.5. The zero-order valence-electron chi connectivity index (χ0n) is 13.9. The van der Waals surface area contributed by atoms with Crippen LogP contribution in [-0.2, 0) is 4.79 Å². The molecule has 2 unspecified atom stereocenters. The summed E-state index contributed by atoms with van der Waals surface area (Å²) in [6.07, 6.45) is 5.59. The fourth-order valence-electron chi connectivity index (χ4n) is 6.90. The first kappa shape index (κ1) is 16.0. The molecule has 4 aliphatic rings. The number of hydrogen-bond donors (Lipinski definition) is 3. The van der Waals surface area contributed by atoms with Crippen molar-refractivity contribution in [2.75, 3.05) is 13.2 Å². The van der Waals surface area contributed by atoms with Gasteiger partial charge in [-0.2, -0.15) is 0 Å². The summed E-state index contributed by atoms with van der Waals surface area (Å²) in [4.78, 5) is 11.5. The van der Waals surface area contributed by atoms with Gasteiger partial charge in [-0.1, -0.05) is 12.5 Å². The molecule has 0 aromatic carbocycles. The molecule has 0 saturated heterocycles. The van der Waals surface area contributed by atoms with Crippen LogP contribution in [0.2, 0.25) is 0 Å². The summed E-state index contributed by atoms with van der Waals surface area (Å²) >= 11 is 0. The first-order valence-corrected chi connectivity index (χ1v) is 8.26. The van der Waals surface area contributed by atoms with Crippen LogP contribution in [-0.4, -0.2) is 34.5 Å². The van der Waals surface area contributed by atoms with Gasteiger partial charge in [-0.3, -0.25) is 0 Å². The molecule has 4 heteroatoms. The van der Waals surface area contributed by atoms with Gasteiger partial charge in [-0.05, 0) is 74.0 Å². The molecular weight excluding hydrogens is 280 g/mol. The smallest absolute Gasteiger partial charge is 0.331 e. The molecule has 0 spiro atoms. The Balaban J connectivity index is 2.14. The van der Waals surface area contributed by atoms with E-state index < -0.39 is 5.97 Å². The lowest BCUT2D eigenvalue weighted by Crippen LogP contribution is -2.62. The topological polar surface area (TPSA) is 77.8 Å². The van der Waals surface area contributed by atoms with Gasteiger partial charge in [0.2, 0.25) is 0 Å². The Kier molecular flexibility index (Phi) is 3.33. The summed E-state index contributed by atoms with van der Waals surface area (Å²) < 4.78 is 0. The Morgan fingerprint density at radius 1 is 0.909 bits per heavy atom. The summed E-state index contributed by atoms with van der Waals surface area (Å²) in [7, 11) is 0. The van der Waals surface area contributed by atoms with Crippen molar-refractivity contribution in [2.45, 2.75) is 59.3 Å². The Morgan fingerprint density at radius 2 is 1.41 bits per heavy atom. The summed E-state index contributed by atoms with van der Waals surface area (Å²) in [5, 5.41) is 29.6. The molecule has 4 bridgehead atoms. The number of aliphatic hydroxyl groups excluding tert-OH is 2. The highest BCUT2D eigenvalue weighted by Gasteiger charge is 2.67. The third kappa shape index (κ3) is 2.07. The predicted octanol–water partition coefficient (Wildman–Crippen LogP) is 2.74. The SMILES string of the molecule is CC(C(=O)O)=C(C)C12CC3(C)CC(CO)(CC(CO)(C3)C1)C2. The van der Waals surface area contributed by atoms with E-state index in [0.29, 0.717) is 5.57 Å². The van der Waals surface area contributed by atoms with Crippen LogP contribution < -0.4 is 0 Å². The van der Waals surface area contributed by atoms with Crippen LogP contribution in [0.5, 0.6) is 0 Å². The van der Waals surface area contributed by atoms with E-state index in [2.05, 4.69) is 6.92 Å². The molecule has 0 heterocycles. The van der Waals surface area contributed by atoms with Gasteiger partial charge in [0.1, 0.15) is 0 Å². The monoisotopic (exact) mass is 308 g/mol. The average molecular weight is 308 g/mol. The van der Waals surface area contributed by atoms with Gasteiger partial charge in [-0.15, -0.1) is 0 Å². The molecule has 3 N–H and O–H groups in total. The van der Waals surface area contributed by atoms with Crippen LogP contribution >= 0.6 is 0 Å². The Hall–Kier alpha value is -0.870. The number of carbonyl (C=O) groups is 1. The minimum absolute atomic E-state index is 0.0975. The third-order valence-corrected chi connectivity index (χ3v) is 6.90. The molecule has 4 fully saturated rings. The molecule has 4 nitrogen and oxygen atoms in total. The summed E-state index contributed by atoms with van der Waals surface area (Å²) in [5.41, 5.74) is 1.03. The summed E-state index contributed by atoms with van der Waals surface area (Å²) in [6.45, 7) is 6.19. The second-order valence-corrected chi connectivity index (χ2v) is 9.02. The molecule has 22 heavy (non-hydrogen) atoms. The molecule has 0 aromatic rings. The average Bonchev–Trinajstić information content (AvgIpc) is 2.43. The van der Waals surface area contributed by atoms with Gasteiger partial charge in [0, 0.05) is 18.8 Å². The van der Waals surface area contributed by atoms with Crippen LogP contribution in [0.4, 0.5) is 0 Å². The maximum Gasteiger partial charge on any atom is 0.331 e. The number of allylic oxidation sites excluding steroid dienone is 1. The first-order valence-electron chi connectivity index (χ1n) is 8.26. The lowest BCUT2D eigenvalue weighted by atomic mass is 9.35. The van der Waals surface area contributed by atoms with Gasteiger partial charge < -0.3 is 15.3 Å². The highest BCUT2D eigenvalue weighted by molar-refractivity contribution is 5.87. The molecule has 0 radical (unpaired) electrons. The zero-order chi connectivity index (χ0) is 16.4. The molecule has 0 aromatic heterocycles. The number of hydrogen-bond acceptors (Lipinski definition) is 3. The molecule has 4 aliphatic carbocycles. The lowest BCUT2D eigenvalue weighted by Gasteiger charge is -2.70. The van der Waals surface area contributed by atoms with Crippen molar-refractivity contribution in [1.82, 2.24) is 0 Å². The molecular formula is C18H28O4. The van der Waals surface area contributed by atoms with E-state index in [4.69, 9.17) is 0 Å². The zero-order valence-corrected chi connectivity index (χ0v) is 13.9. The van der Waals surface area contributed by atoms with Crippen molar-refractivity contribution >= 4 is 5.97 Å². The van der Waals surface area contributed by atoms with E-state index in [1.165, 1.54) is 0 Å². The predicted molar refractivity (Wildman–Crippen MR) is 83.3 cm³/mol. The van der Waals surface area contributed by atoms with E-state index in [9.17, 15) is 20.1 Å². The summed E-state index contributed by atoms with van der Waals surface area (Å²) in [5.74, 6) is -0.852. The van der Waals surface area contributed by atoms with Crippen molar-refractivity contribution in [3.05, 3.63) is 11.1 Å². The third-order valence-electron chi connectivity index (χ3n) is 6.90. The summed E-state index contributed by atoms with van der Waals surface area (Å²) in [6, 6.07) is 0. The van der Waals surface area contributed by atoms with E-state index in [1.807, 2.05) is 6.92 Å². The normalized spacial score (nSPS) is 47.5. The quantitative estimate of drug-likeness (QED) is 0.698. The molecule has 4 saturated carbocycles. The standard InChI is InChI=1S/C18H28O4/c1-12(14(21)22)13(2)18-6-15(3)4-16(8-18,10-19)7-17(5-15,9-18)11-20/h19-20H,4-11H2,1-3H3,(H,21,22). The molecule has 0 amide bonds. The molecule has 0 aliphatic heterocycles. The Labute approximate surface area is 132 Å². The lowest BCUT2D eigenvalue weighted by molar-refractivity contribution is -0.206. The van der Waals surface area contributed by atoms with E-state index >= 15 is 0 Å². The van der Waals surface area contributed by atoms with Gasteiger partial charge in [0.25, 0.3) is 0 Å².